The molecule has 0 bridgehead atoms. The molecule has 0 aromatic heterocycles. The van der Waals surface area contributed by atoms with E-state index in [-0.39, 0.29) is 65.0 Å². The molecule has 0 saturated carbocycles. The van der Waals surface area contributed by atoms with Gasteiger partial charge >= 0.3 is 0 Å². The molecule has 36 heteroatoms. The molecule has 0 saturated heterocycles. The Bertz CT molecular complexity index is 2170. The molecule has 0 radical (unpaired) electrons. The third-order valence-corrected chi connectivity index (χ3v) is 17.1. The van der Waals surface area contributed by atoms with Crippen molar-refractivity contribution < 1.29 is 52.7 Å². The molecule has 0 aliphatic heterocycles. The lowest BCUT2D eigenvalue weighted by Gasteiger charge is -2.27. The van der Waals surface area contributed by atoms with E-state index in [9.17, 15) is 52.7 Å². The zero-order chi connectivity index (χ0) is 80.2. The number of hydrogen-bond acceptors (Lipinski definition) is 25. The van der Waals surface area contributed by atoms with Crippen molar-refractivity contribution in [3.05, 3.63) is 0 Å². The SMILES string of the molecule is CNC(=O)CCN(CCCCCN)CCN(CCC(=O)NC)CCC(=O)NC.CNC(=O)CCN(CCN)CCN(CCN)CCC(=O)NC.CNC(=O)CCN(CCN)CCNCCN(CCC(=O)NC)CCC(=O)NC.CNC(=O)CCNCCCCCN(CCNCCC(=O)NC)CCC(=O)NC. The summed E-state index contributed by atoms with van der Waals surface area (Å²) in [5.74, 6) is 0.222. The second-order valence-electron chi connectivity index (χ2n) is 25.1. The fourth-order valence-electron chi connectivity index (χ4n) is 10.1. The number of rotatable bonds is 65. The molecular formula is C70H151N25O11. The maximum Gasteiger partial charge on any atom is 0.221 e. The van der Waals surface area contributed by atoms with E-state index in [4.69, 9.17) is 22.9 Å². The molecule has 22 N–H and O–H groups in total. The average Bonchev–Trinajstić information content (AvgIpc) is 1.25. The second-order valence-corrected chi connectivity index (χ2v) is 25.1. The van der Waals surface area contributed by atoms with Crippen LogP contribution in [0.15, 0.2) is 0 Å². The number of nitrogens with zero attached hydrogens (tertiary/aromatic N) is 7. The summed E-state index contributed by atoms with van der Waals surface area (Å²) >= 11 is 0. The minimum atomic E-state index is -0.0109. The van der Waals surface area contributed by atoms with E-state index in [2.05, 4.69) is 109 Å². The van der Waals surface area contributed by atoms with Gasteiger partial charge < -0.3 is 132 Å². The van der Waals surface area contributed by atoms with E-state index < -0.39 is 0 Å². The van der Waals surface area contributed by atoms with Crippen molar-refractivity contribution in [2.24, 2.45) is 22.9 Å². The summed E-state index contributed by atoms with van der Waals surface area (Å²) < 4.78 is 0. The minimum absolute atomic E-state index is 0.00792. The van der Waals surface area contributed by atoms with Crippen LogP contribution < -0.4 is 97.4 Å². The number of unbranched alkanes of at least 4 members (excludes halogenated alkanes) is 4. The van der Waals surface area contributed by atoms with E-state index in [0.717, 1.165) is 150 Å². The van der Waals surface area contributed by atoms with Gasteiger partial charge in [0.1, 0.15) is 0 Å². The second kappa shape index (κ2) is 78.2. The topological polar surface area (TPSA) is 483 Å². The van der Waals surface area contributed by atoms with Crippen molar-refractivity contribution in [3.8, 4) is 0 Å². The van der Waals surface area contributed by atoms with Gasteiger partial charge in [0, 0.05) is 325 Å². The number of nitrogens with one attached hydrogen (secondary N) is 14. The molecule has 622 valence electrons. The summed E-state index contributed by atoms with van der Waals surface area (Å²) in [5, 5.41) is 38.8. The third-order valence-electron chi connectivity index (χ3n) is 17.1. The lowest BCUT2D eigenvalue weighted by atomic mass is 10.2. The first-order valence-electron chi connectivity index (χ1n) is 38.3. The maximum atomic E-state index is 11.6. The highest BCUT2D eigenvalue weighted by molar-refractivity contribution is 5.79. The average molecular weight is 1520 g/mol. The molecule has 0 aliphatic carbocycles. The third kappa shape index (κ3) is 71.8. The first-order valence-corrected chi connectivity index (χ1v) is 38.3. The van der Waals surface area contributed by atoms with Crippen molar-refractivity contribution >= 4 is 65.0 Å². The smallest absolute Gasteiger partial charge is 0.221 e. The Morgan fingerprint density at radius 2 is 0.368 bits per heavy atom. The summed E-state index contributed by atoms with van der Waals surface area (Å²) in [6.45, 7) is 22.6. The van der Waals surface area contributed by atoms with Crippen molar-refractivity contribution in [2.45, 2.75) is 109 Å². The van der Waals surface area contributed by atoms with Gasteiger partial charge in [-0.2, -0.15) is 0 Å². The Hall–Kier alpha value is -6.39. The molecule has 0 atom stereocenters. The summed E-state index contributed by atoms with van der Waals surface area (Å²) in [7, 11) is 18.0. The highest BCUT2D eigenvalue weighted by Crippen LogP contribution is 2.05. The molecule has 0 unspecified atom stereocenters. The predicted molar refractivity (Wildman–Crippen MR) is 423 cm³/mol. The van der Waals surface area contributed by atoms with E-state index in [1.54, 1.807) is 77.5 Å². The zero-order valence-electron chi connectivity index (χ0n) is 67.4. The number of carbonyl (C=O) groups excluding carboxylic acids is 11. The van der Waals surface area contributed by atoms with Crippen molar-refractivity contribution in [1.82, 2.24) is 109 Å². The number of amides is 11. The van der Waals surface area contributed by atoms with Crippen molar-refractivity contribution in [3.63, 3.8) is 0 Å². The first kappa shape index (κ1) is 106. The van der Waals surface area contributed by atoms with Gasteiger partial charge in [-0.1, -0.05) is 12.8 Å². The molecule has 0 aliphatic rings. The summed E-state index contributed by atoms with van der Waals surface area (Å²) in [6, 6.07) is 0. The fourth-order valence-corrected chi connectivity index (χ4v) is 10.1. The van der Waals surface area contributed by atoms with Gasteiger partial charge in [-0.15, -0.1) is 0 Å². The molecule has 11 amide bonds. The highest BCUT2D eigenvalue weighted by atomic mass is 16.2. The molecular weight excluding hydrogens is 1370 g/mol. The van der Waals surface area contributed by atoms with Gasteiger partial charge in [0.15, 0.2) is 0 Å². The normalized spacial score (nSPS) is 10.9. The zero-order valence-corrected chi connectivity index (χ0v) is 67.4. The fraction of sp³-hybridized carbons (Fsp3) is 0.843. The van der Waals surface area contributed by atoms with Crippen LogP contribution in [0.2, 0.25) is 0 Å². The number of hydrogen-bond donors (Lipinski definition) is 18. The van der Waals surface area contributed by atoms with Gasteiger partial charge in [-0.25, -0.2) is 0 Å². The molecule has 0 heterocycles. The lowest BCUT2D eigenvalue weighted by molar-refractivity contribution is -0.122. The van der Waals surface area contributed by atoms with Crippen LogP contribution in [0.3, 0.4) is 0 Å². The van der Waals surface area contributed by atoms with Crippen molar-refractivity contribution in [2.75, 3.05) is 280 Å². The Morgan fingerprint density at radius 3 is 0.613 bits per heavy atom. The van der Waals surface area contributed by atoms with Gasteiger partial charge in [0.2, 0.25) is 65.0 Å². The van der Waals surface area contributed by atoms with Gasteiger partial charge in [0.05, 0.1) is 0 Å². The highest BCUT2D eigenvalue weighted by Gasteiger charge is 2.17. The molecule has 0 aromatic carbocycles. The van der Waals surface area contributed by atoms with Crippen LogP contribution in [0.25, 0.3) is 0 Å². The Morgan fingerprint density at radius 1 is 0.179 bits per heavy atom. The van der Waals surface area contributed by atoms with E-state index in [0.29, 0.717) is 162 Å². The molecule has 0 spiro atoms. The Labute approximate surface area is 636 Å². The number of carbonyl (C=O) groups is 11. The van der Waals surface area contributed by atoms with Crippen LogP contribution in [0.5, 0.6) is 0 Å². The summed E-state index contributed by atoms with van der Waals surface area (Å²) in [5.41, 5.74) is 22.4. The van der Waals surface area contributed by atoms with Gasteiger partial charge in [0.25, 0.3) is 0 Å². The standard InChI is InChI=1S/2C19H40N6O3.C18H39N7O3.C14H32N6O2/c1-20-17(26)7-11-23-10-5-4-6-14-25(15-9-19(28)22-3)16-13-24-12-8-18(27)21-2;1-21-17(26)7-12-24(11-6-4-5-10-20)15-16-25(13-8-18(27)22-2)14-9-19(28)23-3;1-20-16(26)4-10-24(11-5-17(27)21-2)14-8-23-9-15-25(13-7-19)12-6-18(28)22-3;1-17-13(21)3-7-19(9-5-15)11-12-20(10-6-16)8-4-14(22)18-2/h23-24H,4-16H2,1-3H3,(H,20,26)(H,21,27)(H,22,28);4-16,20H2,1-3H3,(H,21,26)(H,22,27)(H,23,28);23H,4-15,19H2,1-3H3,(H,20,26)(H,21,27)(H,22,28);3-12,15-16H2,1-2H3,(H,17,21)(H,18,22). The van der Waals surface area contributed by atoms with Gasteiger partial charge in [-0.3, -0.25) is 52.7 Å². The number of nitrogens with two attached hydrogens (primary N) is 4. The molecule has 36 nitrogen and oxygen atoms in total. The Balaban J connectivity index is -0.000000657. The molecule has 0 rings (SSSR count). The monoisotopic (exact) mass is 1520 g/mol. The first-order chi connectivity index (χ1) is 51.0. The van der Waals surface area contributed by atoms with E-state index in [1.807, 2.05) is 0 Å². The van der Waals surface area contributed by atoms with E-state index in [1.165, 1.54) is 0 Å². The molecule has 0 aromatic rings. The maximum absolute atomic E-state index is 11.6. The Kier molecular flexibility index (Phi) is 78.2. The molecule has 0 fully saturated rings. The lowest BCUT2D eigenvalue weighted by Crippen LogP contribution is -2.41. The molecule has 106 heavy (non-hydrogen) atoms. The van der Waals surface area contributed by atoms with Crippen LogP contribution in [-0.4, -0.2) is 380 Å². The van der Waals surface area contributed by atoms with Crippen LogP contribution in [0.4, 0.5) is 0 Å². The van der Waals surface area contributed by atoms with Crippen LogP contribution in [-0.2, 0) is 52.7 Å². The van der Waals surface area contributed by atoms with E-state index >= 15 is 0 Å². The van der Waals surface area contributed by atoms with Crippen LogP contribution in [0, 0.1) is 0 Å². The van der Waals surface area contributed by atoms with Gasteiger partial charge in [-0.05, 0) is 51.9 Å². The largest absolute Gasteiger partial charge is 0.359 e. The predicted octanol–water partition coefficient (Wildman–Crippen LogP) is -6.50. The van der Waals surface area contributed by atoms with Crippen LogP contribution in [0.1, 0.15) is 109 Å². The quantitative estimate of drug-likeness (QED) is 0.0252. The minimum Gasteiger partial charge on any atom is -0.359 e. The summed E-state index contributed by atoms with van der Waals surface area (Å²) in [4.78, 5) is 141. The summed E-state index contributed by atoms with van der Waals surface area (Å²) in [6.07, 6.45) is 11.3. The van der Waals surface area contributed by atoms with Crippen LogP contribution >= 0.6 is 0 Å². The van der Waals surface area contributed by atoms with Crippen molar-refractivity contribution in [1.29, 1.82) is 0 Å².